The summed E-state index contributed by atoms with van der Waals surface area (Å²) in [5, 5.41) is 24.1. The van der Waals surface area contributed by atoms with Gasteiger partial charge in [-0.2, -0.15) is 0 Å². The molecule has 0 aliphatic carbocycles. The van der Waals surface area contributed by atoms with E-state index in [4.69, 9.17) is 15.0 Å². The SMILES string of the molecule is O=P(c1ccccc1)(c1ccccc1)c1ccc2c(ccc3c4ccccc4n4c5ccccc5nc4c23)c1.O=P(c1ccccc1)(c1ccccc1)c1ccc2ccc3c4ccccc4n4c5ccccc5nc4c3c2c1.O=P(c1ccccc1)(c1ccccc1)c1cccc2c1ccc1c3ccccc3n3c4ccccc4nc3c21. The third-order valence-corrected chi connectivity index (χ3v) is 32.7. The Labute approximate surface area is 672 Å². The second kappa shape index (κ2) is 27.8. The average molecular weight is 1560 g/mol. The van der Waals surface area contributed by atoms with Gasteiger partial charge in [0.1, 0.15) is 16.9 Å². The molecule has 24 aromatic rings. The fraction of sp³-hybridized carbons (Fsp3) is 0. The minimum atomic E-state index is -3.16. The maximum Gasteiger partial charge on any atom is 0.171 e. The highest BCUT2D eigenvalue weighted by Gasteiger charge is 2.35. The highest BCUT2D eigenvalue weighted by molar-refractivity contribution is 7.86. The molecule has 0 N–H and O–H groups in total. The van der Waals surface area contributed by atoms with Crippen LogP contribution in [0.3, 0.4) is 0 Å². The molecule has 6 heterocycles. The van der Waals surface area contributed by atoms with Crippen molar-refractivity contribution in [3.63, 3.8) is 0 Å². The monoisotopic (exact) mass is 1550 g/mol. The number of aromatic nitrogens is 6. The molecule has 0 saturated heterocycles. The van der Waals surface area contributed by atoms with Gasteiger partial charge in [0.2, 0.25) is 0 Å². The summed E-state index contributed by atoms with van der Waals surface area (Å²) in [6, 6.07) is 142. The number of hydrogen-bond acceptors (Lipinski definition) is 6. The smallest absolute Gasteiger partial charge is 0.171 e. The summed E-state index contributed by atoms with van der Waals surface area (Å²) in [7, 11) is -9.36. The van der Waals surface area contributed by atoms with Crippen LogP contribution in [-0.2, 0) is 13.7 Å². The molecule has 0 unspecified atom stereocenters. The molecule has 0 spiro atoms. The maximum absolute atomic E-state index is 15.4. The Morgan fingerprint density at radius 3 is 0.863 bits per heavy atom. The lowest BCUT2D eigenvalue weighted by Crippen LogP contribution is -2.25. The van der Waals surface area contributed by atoms with E-state index in [9.17, 15) is 0 Å². The first-order valence-electron chi connectivity index (χ1n) is 39.3. The van der Waals surface area contributed by atoms with Gasteiger partial charge in [-0.15, -0.1) is 0 Å². The van der Waals surface area contributed by atoms with E-state index in [2.05, 4.69) is 213 Å². The van der Waals surface area contributed by atoms with Crippen molar-refractivity contribution >= 4 is 217 Å². The summed E-state index contributed by atoms with van der Waals surface area (Å²) in [5.74, 6) is 0. The van der Waals surface area contributed by atoms with E-state index in [-0.39, 0.29) is 0 Å². The second-order valence-electron chi connectivity index (χ2n) is 29.8. The van der Waals surface area contributed by atoms with E-state index in [0.717, 1.165) is 174 Å². The number of pyridine rings is 3. The first-order valence-corrected chi connectivity index (χ1v) is 44.4. The summed E-state index contributed by atoms with van der Waals surface area (Å²) in [4.78, 5) is 15.4. The molecule has 12 heteroatoms. The van der Waals surface area contributed by atoms with Gasteiger partial charge in [-0.1, -0.05) is 352 Å². The molecule has 0 amide bonds. The minimum absolute atomic E-state index is 0.822. The van der Waals surface area contributed by atoms with E-state index in [1.165, 1.54) is 21.5 Å². The highest BCUT2D eigenvalue weighted by Crippen LogP contribution is 2.49. The first kappa shape index (κ1) is 69.5. The number of para-hydroxylation sites is 9. The molecular formula is C105H69N6O3P3. The van der Waals surface area contributed by atoms with Crippen molar-refractivity contribution in [3.8, 4) is 0 Å². The topological polar surface area (TPSA) is 103 Å². The van der Waals surface area contributed by atoms with Crippen LogP contribution >= 0.6 is 21.4 Å². The molecule has 18 aromatic carbocycles. The molecule has 117 heavy (non-hydrogen) atoms. The van der Waals surface area contributed by atoms with Crippen molar-refractivity contribution in [1.29, 1.82) is 0 Å². The molecule has 0 radical (unpaired) electrons. The first-order chi connectivity index (χ1) is 57.7. The molecule has 0 aliphatic heterocycles. The van der Waals surface area contributed by atoms with Gasteiger partial charge in [0.25, 0.3) is 0 Å². The average Bonchev–Trinajstić information content (AvgIpc) is 1.60. The second-order valence-corrected chi connectivity index (χ2v) is 38.1. The molecule has 0 atom stereocenters. The normalized spacial score (nSPS) is 12.2. The van der Waals surface area contributed by atoms with Gasteiger partial charge in [-0.05, 0) is 115 Å². The fourth-order valence-corrected chi connectivity index (χ4v) is 26.4. The van der Waals surface area contributed by atoms with Crippen LogP contribution in [0.1, 0.15) is 0 Å². The lowest BCUT2D eigenvalue weighted by molar-refractivity contribution is 0.591. The quantitative estimate of drug-likeness (QED) is 0.105. The Morgan fingerprint density at radius 2 is 0.453 bits per heavy atom. The number of nitrogens with zero attached hydrogens (tertiary/aromatic N) is 6. The Balaban J connectivity index is 0.000000106. The molecule has 0 bridgehead atoms. The third kappa shape index (κ3) is 10.9. The summed E-state index contributed by atoms with van der Waals surface area (Å²) in [6.45, 7) is 0. The Kier molecular flexibility index (Phi) is 16.6. The molecule has 24 rings (SSSR count). The van der Waals surface area contributed by atoms with Crippen LogP contribution in [0.4, 0.5) is 0 Å². The zero-order valence-corrected chi connectivity index (χ0v) is 65.8. The van der Waals surface area contributed by atoms with Gasteiger partial charge in [0, 0.05) is 80.1 Å². The number of hydrogen-bond donors (Lipinski definition) is 0. The van der Waals surface area contributed by atoms with Crippen LogP contribution in [0, 0.1) is 0 Å². The zero-order valence-electron chi connectivity index (χ0n) is 63.1. The van der Waals surface area contributed by atoms with Gasteiger partial charge in [0.15, 0.2) is 21.4 Å². The molecule has 552 valence electrons. The minimum Gasteiger partial charge on any atom is -0.309 e. The molecule has 0 saturated carbocycles. The van der Waals surface area contributed by atoms with E-state index < -0.39 is 21.4 Å². The van der Waals surface area contributed by atoms with Crippen LogP contribution in [0.25, 0.3) is 147 Å². The zero-order chi connectivity index (χ0) is 77.9. The van der Waals surface area contributed by atoms with Crippen LogP contribution in [0.2, 0.25) is 0 Å². The lowest BCUT2D eigenvalue weighted by Gasteiger charge is -2.22. The van der Waals surface area contributed by atoms with E-state index >= 15 is 13.7 Å². The van der Waals surface area contributed by atoms with Gasteiger partial charge >= 0.3 is 0 Å². The van der Waals surface area contributed by atoms with E-state index in [1.807, 2.05) is 218 Å². The van der Waals surface area contributed by atoms with Gasteiger partial charge < -0.3 is 13.7 Å². The summed E-state index contributed by atoms with van der Waals surface area (Å²) >= 11 is 0. The summed E-state index contributed by atoms with van der Waals surface area (Å²) in [5.41, 5.74) is 12.3. The standard InChI is InChI=1S/3C35H23N2OP/c38-39(24-12-3-1-4-13-24,25-14-5-2-6-15-25)33-21-11-17-28-27(33)22-23-29-26-16-7-9-19-31(26)37-32-20-10-8-18-30(32)36-35(37)34(28)29;38-39(25-11-3-1-4-12-25,26-13-5-2-6-14-26)27-20-22-28-24(23-27)19-21-30-29-15-7-9-17-32(29)37-33-18-10-8-16-31(33)36-35(37)34(28)30;38-39(25-11-3-1-4-12-25,26-13-5-2-6-14-26)27-21-19-24-20-22-29-28-15-7-9-17-32(28)37-33-18-10-8-16-31(33)36-35(37)34(29)30(24)23-27/h3*1-23H. The number of rotatable bonds is 9. The Morgan fingerprint density at radius 1 is 0.179 bits per heavy atom. The van der Waals surface area contributed by atoms with Crippen molar-refractivity contribution in [2.45, 2.75) is 0 Å². The van der Waals surface area contributed by atoms with Gasteiger partial charge in [-0.25, -0.2) is 15.0 Å². The van der Waals surface area contributed by atoms with Gasteiger partial charge in [0.05, 0.1) is 49.7 Å². The molecular weight excluding hydrogens is 1490 g/mol. The van der Waals surface area contributed by atoms with Crippen molar-refractivity contribution in [3.05, 3.63) is 419 Å². The van der Waals surface area contributed by atoms with E-state index in [0.29, 0.717) is 0 Å². The highest BCUT2D eigenvalue weighted by atomic mass is 31.2. The van der Waals surface area contributed by atoms with E-state index in [1.54, 1.807) is 0 Å². The predicted molar refractivity (Wildman–Crippen MR) is 494 cm³/mol. The van der Waals surface area contributed by atoms with Crippen LogP contribution < -0.4 is 47.7 Å². The maximum atomic E-state index is 15.4. The fourth-order valence-electron chi connectivity index (χ4n) is 18.2. The molecule has 0 aliphatic rings. The summed E-state index contributed by atoms with van der Waals surface area (Å²) in [6.07, 6.45) is 0. The largest absolute Gasteiger partial charge is 0.309 e. The van der Waals surface area contributed by atoms with Crippen molar-refractivity contribution < 1.29 is 13.7 Å². The van der Waals surface area contributed by atoms with Crippen LogP contribution in [0.15, 0.2) is 419 Å². The molecule has 9 nitrogen and oxygen atoms in total. The van der Waals surface area contributed by atoms with Crippen LogP contribution in [-0.4, -0.2) is 28.2 Å². The van der Waals surface area contributed by atoms with Crippen LogP contribution in [0.5, 0.6) is 0 Å². The molecule has 0 fully saturated rings. The predicted octanol–water partition coefficient (Wildman–Crippen LogP) is 22.8. The van der Waals surface area contributed by atoms with Crippen molar-refractivity contribution in [2.24, 2.45) is 0 Å². The number of imidazole rings is 3. The molecule has 6 aromatic heterocycles. The van der Waals surface area contributed by atoms with Gasteiger partial charge in [-0.3, -0.25) is 13.2 Å². The summed E-state index contributed by atoms with van der Waals surface area (Å²) < 4.78 is 52.4. The number of benzene rings is 18. The Hall–Kier alpha value is -14.2. The lowest BCUT2D eigenvalue weighted by atomic mass is 9.99. The van der Waals surface area contributed by atoms with Crippen molar-refractivity contribution in [2.75, 3.05) is 0 Å². The Bertz CT molecular complexity index is 8020. The van der Waals surface area contributed by atoms with Crippen molar-refractivity contribution in [1.82, 2.24) is 28.2 Å². The third-order valence-electron chi connectivity index (χ3n) is 23.5. The number of fused-ring (bicyclic) bond motifs is 30.